The first-order valence-corrected chi connectivity index (χ1v) is 32.5. The molecule has 0 fully saturated rings. The van der Waals surface area contributed by atoms with Gasteiger partial charge in [-0.1, -0.05) is 237 Å². The lowest BCUT2D eigenvalue weighted by Crippen LogP contribution is -2.13. The van der Waals surface area contributed by atoms with Crippen LogP contribution in [0.15, 0.2) is 121 Å². The summed E-state index contributed by atoms with van der Waals surface area (Å²) < 4.78 is 63.4. The number of hydrogen-bond donors (Lipinski definition) is 0. The largest absolute Gasteiger partial charge is 0.494 e. The fourth-order valence-corrected chi connectivity index (χ4v) is 10.0. The zero-order chi connectivity index (χ0) is 61.1. The molecule has 0 aliphatic rings. The summed E-state index contributed by atoms with van der Waals surface area (Å²) in [5, 5.41) is 0. The van der Waals surface area contributed by atoms with E-state index in [0.717, 1.165) is 72.6 Å². The van der Waals surface area contributed by atoms with Gasteiger partial charge in [-0.25, -0.2) is 28.0 Å². The Kier molecular flexibility index (Phi) is 35.3. The smallest absolute Gasteiger partial charge is 0.346 e. The molecule has 0 radical (unpaired) electrons. The third-order valence-electron chi connectivity index (χ3n) is 15.1. The molecule has 12 heteroatoms. The molecule has 0 aliphatic carbocycles. The van der Waals surface area contributed by atoms with Crippen molar-refractivity contribution in [1.82, 2.24) is 0 Å². The van der Waals surface area contributed by atoms with Crippen molar-refractivity contribution in [3.8, 4) is 34.5 Å². The highest BCUT2D eigenvalue weighted by Crippen LogP contribution is 2.26. The van der Waals surface area contributed by atoms with E-state index in [9.17, 15) is 19.2 Å². The summed E-state index contributed by atoms with van der Waals surface area (Å²) in [6, 6.07) is 26.5. The summed E-state index contributed by atoms with van der Waals surface area (Å²) in [6.07, 6.45) is 47.7. The third kappa shape index (κ3) is 30.3. The Labute approximate surface area is 512 Å². The van der Waals surface area contributed by atoms with Crippen LogP contribution in [0.25, 0.3) is 12.2 Å². The highest BCUT2D eigenvalue weighted by molar-refractivity contribution is 5.93. The van der Waals surface area contributed by atoms with Gasteiger partial charge < -0.3 is 28.4 Å². The van der Waals surface area contributed by atoms with Crippen molar-refractivity contribution in [2.24, 2.45) is 0 Å². The van der Waals surface area contributed by atoms with Gasteiger partial charge in [0.25, 0.3) is 0 Å². The van der Waals surface area contributed by atoms with Crippen LogP contribution in [0.5, 0.6) is 34.5 Å². The van der Waals surface area contributed by atoms with E-state index in [2.05, 4.69) is 13.8 Å². The second kappa shape index (κ2) is 43.5. The van der Waals surface area contributed by atoms with Crippen LogP contribution < -0.4 is 28.4 Å². The van der Waals surface area contributed by atoms with Crippen LogP contribution in [0.3, 0.4) is 0 Å². The molecule has 10 nitrogen and oxygen atoms in total. The standard InChI is InChI=1S/C74H96F2O10/c1-3-5-7-9-11-13-15-17-19-21-23-25-27-29-31-33-54-81-61-44-38-59(39-45-61)42-52-71(77)83-65-48-50-67(69(75)57-65)73(79)85-63-36-35-37-64(56-63)86-74(80)68-51-49-66(58-70(68)76)84-72(78)53-43-60-40-46-62(47-41-60)82-55-34-32-30-28-26-24-22-20-18-16-14-12-10-8-6-4-2/h35-53,56-58H,3-34,54-55H2,1-2H3/b52-42+,53-43+. The fraction of sp³-hybridized carbons (Fsp3) is 0.486. The van der Waals surface area contributed by atoms with Crippen LogP contribution >= 0.6 is 0 Å². The predicted octanol–water partition coefficient (Wildman–Crippen LogP) is 20.9. The molecular formula is C74H96F2O10. The van der Waals surface area contributed by atoms with E-state index in [1.165, 1.54) is 228 Å². The van der Waals surface area contributed by atoms with Gasteiger partial charge in [0.1, 0.15) is 46.1 Å². The van der Waals surface area contributed by atoms with E-state index in [1.807, 2.05) is 48.5 Å². The first kappa shape index (κ1) is 69.7. The Balaban J connectivity index is 0.921. The second-order valence-electron chi connectivity index (χ2n) is 22.5. The first-order chi connectivity index (χ1) is 42.1. The zero-order valence-corrected chi connectivity index (χ0v) is 51.6. The molecule has 0 bridgehead atoms. The van der Waals surface area contributed by atoms with Crippen LogP contribution in [0.1, 0.15) is 251 Å². The third-order valence-corrected chi connectivity index (χ3v) is 15.1. The lowest BCUT2D eigenvalue weighted by Gasteiger charge is -2.09. The molecule has 0 unspecified atom stereocenters. The minimum atomic E-state index is -1.08. The molecule has 0 heterocycles. The molecular weight excluding hydrogens is 1090 g/mol. The van der Waals surface area contributed by atoms with Crippen molar-refractivity contribution >= 4 is 36.0 Å². The molecule has 466 valence electrons. The highest BCUT2D eigenvalue weighted by Gasteiger charge is 2.19. The van der Waals surface area contributed by atoms with Crippen LogP contribution in [-0.2, 0) is 9.59 Å². The van der Waals surface area contributed by atoms with Crippen LogP contribution in [-0.4, -0.2) is 37.1 Å². The maximum absolute atomic E-state index is 15.2. The summed E-state index contributed by atoms with van der Waals surface area (Å²) in [6.45, 7) is 5.83. The van der Waals surface area contributed by atoms with E-state index in [-0.39, 0.29) is 23.0 Å². The Morgan fingerprint density at radius 3 is 0.907 bits per heavy atom. The topological polar surface area (TPSA) is 124 Å². The lowest BCUT2D eigenvalue weighted by molar-refractivity contribution is -0.129. The lowest BCUT2D eigenvalue weighted by atomic mass is 10.0. The summed E-state index contributed by atoms with van der Waals surface area (Å²) >= 11 is 0. The Bertz CT molecular complexity index is 2590. The molecule has 0 aromatic heterocycles. The Hall–Kier alpha value is -7.08. The van der Waals surface area contributed by atoms with Gasteiger partial charge in [0.05, 0.1) is 24.3 Å². The molecule has 0 amide bonds. The number of hydrogen-bond acceptors (Lipinski definition) is 10. The monoisotopic (exact) mass is 1180 g/mol. The number of ether oxygens (including phenoxy) is 6. The molecule has 0 saturated heterocycles. The van der Waals surface area contributed by atoms with Crippen molar-refractivity contribution in [2.45, 2.75) is 219 Å². The first-order valence-electron chi connectivity index (χ1n) is 32.5. The quantitative estimate of drug-likeness (QED) is 0.0161. The minimum Gasteiger partial charge on any atom is -0.494 e. The number of unbranched alkanes of at least 4 members (excludes halogenated alkanes) is 30. The average molecular weight is 1180 g/mol. The maximum Gasteiger partial charge on any atom is 0.346 e. The number of benzene rings is 5. The van der Waals surface area contributed by atoms with Crippen LogP contribution in [0.4, 0.5) is 8.78 Å². The van der Waals surface area contributed by atoms with E-state index in [1.54, 1.807) is 12.2 Å². The zero-order valence-electron chi connectivity index (χ0n) is 51.6. The molecule has 5 aromatic rings. The summed E-state index contributed by atoms with van der Waals surface area (Å²) in [4.78, 5) is 51.2. The van der Waals surface area contributed by atoms with Crippen molar-refractivity contribution in [3.63, 3.8) is 0 Å². The molecule has 0 atom stereocenters. The summed E-state index contributed by atoms with van der Waals surface area (Å²) in [5.41, 5.74) is 0.578. The van der Waals surface area contributed by atoms with Gasteiger partial charge in [0, 0.05) is 30.4 Å². The number of carbonyl (C=O) groups excluding carboxylic acids is 4. The van der Waals surface area contributed by atoms with E-state index < -0.39 is 46.6 Å². The van der Waals surface area contributed by atoms with Gasteiger partial charge in [0.15, 0.2) is 0 Å². The normalized spacial score (nSPS) is 11.3. The molecule has 0 spiro atoms. The van der Waals surface area contributed by atoms with Gasteiger partial charge in [0.2, 0.25) is 0 Å². The number of carbonyl (C=O) groups is 4. The number of esters is 4. The van der Waals surface area contributed by atoms with Crippen LogP contribution in [0.2, 0.25) is 0 Å². The highest BCUT2D eigenvalue weighted by atomic mass is 19.1. The summed E-state index contributed by atoms with van der Waals surface area (Å²) in [7, 11) is 0. The molecule has 86 heavy (non-hydrogen) atoms. The van der Waals surface area contributed by atoms with Gasteiger partial charge in [-0.3, -0.25) is 0 Å². The van der Waals surface area contributed by atoms with E-state index >= 15 is 8.78 Å². The molecule has 5 aromatic carbocycles. The van der Waals surface area contributed by atoms with Gasteiger partial charge in [-0.15, -0.1) is 0 Å². The van der Waals surface area contributed by atoms with Crippen molar-refractivity contribution in [1.29, 1.82) is 0 Å². The SMILES string of the molecule is CCCCCCCCCCCCCCCCCCOc1ccc(/C=C/C(=O)Oc2ccc(C(=O)Oc3cccc(OC(=O)c4ccc(OC(=O)/C=C/c5ccc(OCCCCCCCCCCCCCCCCCC)cc5)cc4F)c3)c(F)c2)cc1. The van der Waals surface area contributed by atoms with Crippen molar-refractivity contribution in [2.75, 3.05) is 13.2 Å². The predicted molar refractivity (Wildman–Crippen MR) is 341 cm³/mol. The molecule has 0 N–H and O–H groups in total. The maximum atomic E-state index is 15.2. The van der Waals surface area contributed by atoms with E-state index in [0.29, 0.717) is 13.2 Å². The second-order valence-corrected chi connectivity index (χ2v) is 22.5. The van der Waals surface area contributed by atoms with Gasteiger partial charge in [-0.05, 0) is 96.8 Å². The Morgan fingerprint density at radius 2 is 0.605 bits per heavy atom. The molecule has 5 rings (SSSR count). The van der Waals surface area contributed by atoms with Gasteiger partial charge in [-0.2, -0.15) is 0 Å². The van der Waals surface area contributed by atoms with Crippen molar-refractivity contribution < 1.29 is 56.4 Å². The molecule has 0 aliphatic heterocycles. The Morgan fingerprint density at radius 1 is 0.326 bits per heavy atom. The molecule has 0 saturated carbocycles. The van der Waals surface area contributed by atoms with E-state index in [4.69, 9.17) is 28.4 Å². The summed E-state index contributed by atoms with van der Waals surface area (Å²) in [5.74, 6) is -4.64. The number of halogens is 2. The minimum absolute atomic E-state index is 0.101. The number of rotatable bonds is 46. The van der Waals surface area contributed by atoms with Crippen LogP contribution in [0, 0.1) is 11.6 Å². The average Bonchev–Trinajstić information content (AvgIpc) is 3.71. The fourth-order valence-electron chi connectivity index (χ4n) is 10.0. The van der Waals surface area contributed by atoms with Crippen molar-refractivity contribution in [3.05, 3.63) is 155 Å². The van der Waals surface area contributed by atoms with Gasteiger partial charge >= 0.3 is 23.9 Å².